The van der Waals surface area contributed by atoms with Crippen molar-refractivity contribution in [3.8, 4) is 5.75 Å². The first-order valence-electron chi connectivity index (χ1n) is 7.96. The number of ether oxygens (including phenoxy) is 1. The number of nitrogens with zero attached hydrogens (tertiary/aromatic N) is 4. The maximum atomic E-state index is 5.37. The van der Waals surface area contributed by atoms with Gasteiger partial charge in [-0.2, -0.15) is 4.98 Å². The normalized spacial score (nSPS) is 15.2. The van der Waals surface area contributed by atoms with E-state index in [0.29, 0.717) is 11.9 Å². The molecular weight excluding hydrogens is 306 g/mol. The van der Waals surface area contributed by atoms with Gasteiger partial charge in [-0.15, -0.1) is 0 Å². The van der Waals surface area contributed by atoms with Crippen LogP contribution < -0.4 is 10.1 Å². The first-order chi connectivity index (χ1) is 11.7. The van der Waals surface area contributed by atoms with Gasteiger partial charge in [0.1, 0.15) is 17.6 Å². The lowest BCUT2D eigenvalue weighted by molar-refractivity contribution is 0.414. The van der Waals surface area contributed by atoms with Crippen molar-refractivity contribution in [1.29, 1.82) is 0 Å². The highest BCUT2D eigenvalue weighted by Crippen LogP contribution is 2.38. The van der Waals surface area contributed by atoms with Crippen LogP contribution in [0.15, 0.2) is 41.2 Å². The molecule has 4 rings (SSSR count). The highest BCUT2D eigenvalue weighted by molar-refractivity contribution is 5.38. The minimum Gasteiger partial charge on any atom is -0.497 e. The average Bonchev–Trinajstić information content (AvgIpc) is 3.21. The Balaban J connectivity index is 1.65. The number of imidazole rings is 1. The van der Waals surface area contributed by atoms with Crippen molar-refractivity contribution >= 4 is 6.01 Å². The Hall–Kier alpha value is -2.83. The molecule has 7 nitrogen and oxygen atoms in total. The molecule has 3 aromatic rings. The van der Waals surface area contributed by atoms with E-state index < -0.39 is 0 Å². The van der Waals surface area contributed by atoms with Crippen LogP contribution in [0.25, 0.3) is 0 Å². The number of aromatic nitrogens is 4. The molecule has 0 saturated heterocycles. The minimum atomic E-state index is -0.191. The molecule has 7 heteroatoms. The topological polar surface area (TPSA) is 78.0 Å². The standard InChI is InChI=1S/C17H19N5O2/c1-22-10-9-18-16(22)14(11-5-7-13(23-2)8-6-11)19-17-20-15(21-24-17)12-3-4-12/h5-10,12,14H,3-4H2,1-2H3,(H,19,20,21). The molecule has 0 bridgehead atoms. The van der Waals surface area contributed by atoms with Gasteiger partial charge in [-0.1, -0.05) is 17.3 Å². The smallest absolute Gasteiger partial charge is 0.322 e. The zero-order valence-corrected chi connectivity index (χ0v) is 13.6. The van der Waals surface area contributed by atoms with Crippen molar-refractivity contribution in [2.75, 3.05) is 12.4 Å². The summed E-state index contributed by atoms with van der Waals surface area (Å²) in [4.78, 5) is 8.93. The van der Waals surface area contributed by atoms with Gasteiger partial charge < -0.3 is 19.1 Å². The van der Waals surface area contributed by atoms with Gasteiger partial charge in [0.15, 0.2) is 5.82 Å². The molecule has 1 unspecified atom stereocenters. The van der Waals surface area contributed by atoms with E-state index in [-0.39, 0.29) is 6.04 Å². The summed E-state index contributed by atoms with van der Waals surface area (Å²) in [6.07, 6.45) is 5.97. The third-order valence-electron chi connectivity index (χ3n) is 4.22. The van der Waals surface area contributed by atoms with E-state index in [1.165, 1.54) is 0 Å². The van der Waals surface area contributed by atoms with Gasteiger partial charge in [-0.3, -0.25) is 0 Å². The summed E-state index contributed by atoms with van der Waals surface area (Å²) < 4.78 is 12.6. The molecule has 24 heavy (non-hydrogen) atoms. The number of hydrogen-bond donors (Lipinski definition) is 1. The first-order valence-corrected chi connectivity index (χ1v) is 7.96. The van der Waals surface area contributed by atoms with Crippen molar-refractivity contribution in [2.45, 2.75) is 24.8 Å². The fourth-order valence-corrected chi connectivity index (χ4v) is 2.67. The van der Waals surface area contributed by atoms with E-state index in [2.05, 4.69) is 20.4 Å². The maximum Gasteiger partial charge on any atom is 0.322 e. The third kappa shape index (κ3) is 2.84. The number of rotatable bonds is 6. The van der Waals surface area contributed by atoms with Crippen LogP contribution in [0.5, 0.6) is 5.75 Å². The van der Waals surface area contributed by atoms with Crippen molar-refractivity contribution < 1.29 is 9.26 Å². The molecule has 1 aromatic carbocycles. The van der Waals surface area contributed by atoms with Crippen LogP contribution in [0.2, 0.25) is 0 Å². The summed E-state index contributed by atoms with van der Waals surface area (Å²) in [7, 11) is 3.62. The predicted molar refractivity (Wildman–Crippen MR) is 87.9 cm³/mol. The molecule has 1 N–H and O–H groups in total. The monoisotopic (exact) mass is 325 g/mol. The van der Waals surface area contributed by atoms with E-state index in [9.17, 15) is 0 Å². The molecule has 124 valence electrons. The van der Waals surface area contributed by atoms with E-state index in [1.54, 1.807) is 13.3 Å². The molecule has 1 atom stereocenters. The number of anilines is 1. The fourth-order valence-electron chi connectivity index (χ4n) is 2.67. The zero-order valence-electron chi connectivity index (χ0n) is 13.6. The molecule has 1 aliphatic carbocycles. The van der Waals surface area contributed by atoms with E-state index in [1.807, 2.05) is 42.1 Å². The van der Waals surface area contributed by atoms with Crippen LogP contribution in [0.4, 0.5) is 6.01 Å². The lowest BCUT2D eigenvalue weighted by Gasteiger charge is -2.18. The minimum absolute atomic E-state index is 0.191. The molecule has 0 radical (unpaired) electrons. The van der Waals surface area contributed by atoms with Gasteiger partial charge in [0.05, 0.1) is 7.11 Å². The SMILES string of the molecule is COc1ccc(C(Nc2nc(C3CC3)no2)c2nccn2C)cc1. The van der Waals surface area contributed by atoms with E-state index >= 15 is 0 Å². The highest BCUT2D eigenvalue weighted by atomic mass is 16.5. The van der Waals surface area contributed by atoms with Crippen molar-refractivity contribution in [3.63, 3.8) is 0 Å². The van der Waals surface area contributed by atoms with E-state index in [4.69, 9.17) is 9.26 Å². The second kappa shape index (κ2) is 5.99. The number of benzene rings is 1. The van der Waals surface area contributed by atoms with Crippen LogP contribution in [-0.2, 0) is 7.05 Å². The fraction of sp³-hybridized carbons (Fsp3) is 0.353. The molecule has 1 saturated carbocycles. The lowest BCUT2D eigenvalue weighted by Crippen LogP contribution is -2.17. The van der Waals surface area contributed by atoms with E-state index in [0.717, 1.165) is 35.8 Å². The van der Waals surface area contributed by atoms with Crippen molar-refractivity contribution in [2.24, 2.45) is 7.05 Å². The van der Waals surface area contributed by atoms with Gasteiger partial charge in [0.25, 0.3) is 0 Å². The Kier molecular flexibility index (Phi) is 3.68. The van der Waals surface area contributed by atoms with Crippen LogP contribution >= 0.6 is 0 Å². The average molecular weight is 325 g/mol. The van der Waals surface area contributed by atoms with Gasteiger partial charge in [0.2, 0.25) is 0 Å². The maximum absolute atomic E-state index is 5.37. The van der Waals surface area contributed by atoms with Gasteiger partial charge >= 0.3 is 6.01 Å². The molecule has 0 spiro atoms. The Morgan fingerprint density at radius 1 is 1.29 bits per heavy atom. The summed E-state index contributed by atoms with van der Waals surface area (Å²) in [5, 5.41) is 7.37. The second-order valence-electron chi connectivity index (χ2n) is 5.98. The molecule has 0 aliphatic heterocycles. The Labute approximate surface area is 139 Å². The molecule has 1 aliphatic rings. The number of methoxy groups -OCH3 is 1. The zero-order chi connectivity index (χ0) is 16.5. The second-order valence-corrected chi connectivity index (χ2v) is 5.98. The van der Waals surface area contributed by atoms with Crippen LogP contribution in [0.1, 0.15) is 42.0 Å². The quantitative estimate of drug-likeness (QED) is 0.751. The van der Waals surface area contributed by atoms with Gasteiger partial charge in [-0.25, -0.2) is 4.98 Å². The number of hydrogen-bond acceptors (Lipinski definition) is 6. The molecule has 2 aromatic heterocycles. The van der Waals surface area contributed by atoms with Crippen molar-refractivity contribution in [3.05, 3.63) is 53.9 Å². The van der Waals surface area contributed by atoms with Crippen LogP contribution in [0, 0.1) is 0 Å². The summed E-state index contributed by atoms with van der Waals surface area (Å²) >= 11 is 0. The summed E-state index contributed by atoms with van der Waals surface area (Å²) in [6.45, 7) is 0. The van der Waals surface area contributed by atoms with Crippen LogP contribution in [0.3, 0.4) is 0 Å². The lowest BCUT2D eigenvalue weighted by atomic mass is 10.1. The Morgan fingerprint density at radius 2 is 2.08 bits per heavy atom. The first kappa shape index (κ1) is 14.7. The van der Waals surface area contributed by atoms with Crippen LogP contribution in [-0.4, -0.2) is 26.8 Å². The molecule has 1 fully saturated rings. The molecular formula is C17H19N5O2. The largest absolute Gasteiger partial charge is 0.497 e. The summed E-state index contributed by atoms with van der Waals surface area (Å²) in [5.41, 5.74) is 1.04. The van der Waals surface area contributed by atoms with Gasteiger partial charge in [-0.05, 0) is 30.5 Å². The summed E-state index contributed by atoms with van der Waals surface area (Å²) in [5.74, 6) is 2.92. The summed E-state index contributed by atoms with van der Waals surface area (Å²) in [6, 6.07) is 8.09. The Bertz CT molecular complexity index is 820. The predicted octanol–water partition coefficient (Wildman–Crippen LogP) is 2.89. The van der Waals surface area contributed by atoms with Gasteiger partial charge in [0, 0.05) is 25.4 Å². The molecule has 0 amide bonds. The molecule has 2 heterocycles. The highest BCUT2D eigenvalue weighted by Gasteiger charge is 2.29. The third-order valence-corrected chi connectivity index (χ3v) is 4.22. The number of aryl methyl sites for hydroxylation is 1. The number of nitrogens with one attached hydrogen (secondary N) is 1. The Morgan fingerprint density at radius 3 is 2.71 bits per heavy atom. The van der Waals surface area contributed by atoms with Crippen molar-refractivity contribution in [1.82, 2.24) is 19.7 Å².